The van der Waals surface area contributed by atoms with E-state index in [1.54, 1.807) is 30.3 Å². The van der Waals surface area contributed by atoms with Crippen molar-refractivity contribution in [3.63, 3.8) is 0 Å². The van der Waals surface area contributed by atoms with Crippen LogP contribution in [0.15, 0.2) is 84.9 Å². The number of nitrogens with one attached hydrogen (secondary N) is 1. The molecule has 0 unspecified atom stereocenters. The second-order valence-corrected chi connectivity index (χ2v) is 8.24. The van der Waals surface area contributed by atoms with Crippen molar-refractivity contribution in [2.45, 2.75) is 19.3 Å². The Hall–Kier alpha value is -4.86. The minimum absolute atomic E-state index is 0.0330. The van der Waals surface area contributed by atoms with Crippen molar-refractivity contribution in [3.05, 3.63) is 96.1 Å². The molecular weight excluding hydrogens is 478 g/mol. The molecule has 3 aromatic carbocycles. The lowest BCUT2D eigenvalue weighted by Crippen LogP contribution is -2.67. The summed E-state index contributed by atoms with van der Waals surface area (Å²) in [5.41, 5.74) is 1.98. The van der Waals surface area contributed by atoms with E-state index in [9.17, 15) is 24.3 Å². The number of imide groups is 1. The van der Waals surface area contributed by atoms with E-state index >= 15 is 0 Å². The van der Waals surface area contributed by atoms with Crippen molar-refractivity contribution >= 4 is 29.7 Å². The summed E-state index contributed by atoms with van der Waals surface area (Å²) in [5.74, 6) is -1.48. The van der Waals surface area contributed by atoms with E-state index in [2.05, 4.69) is 5.32 Å². The molecule has 190 valence electrons. The molecule has 1 aliphatic heterocycles. The molecule has 4 rings (SSSR count). The maximum atomic E-state index is 13.1. The summed E-state index contributed by atoms with van der Waals surface area (Å²) < 4.78 is 10.9. The average Bonchev–Trinajstić information content (AvgIpc) is 2.92. The third kappa shape index (κ3) is 6.63. The van der Waals surface area contributed by atoms with Crippen LogP contribution in [-0.2, 0) is 27.5 Å². The third-order valence-corrected chi connectivity index (χ3v) is 5.57. The van der Waals surface area contributed by atoms with E-state index in [0.29, 0.717) is 5.75 Å². The molecule has 0 aromatic heterocycles. The number of alkyl carbamates (subject to hydrolysis) is 1. The molecule has 10 nitrogen and oxygen atoms in total. The van der Waals surface area contributed by atoms with Gasteiger partial charge in [-0.25, -0.2) is 9.59 Å². The third-order valence-electron chi connectivity index (χ3n) is 5.57. The Kier molecular flexibility index (Phi) is 7.99. The van der Waals surface area contributed by atoms with Gasteiger partial charge < -0.3 is 19.9 Å². The van der Waals surface area contributed by atoms with Crippen molar-refractivity contribution in [2.24, 2.45) is 0 Å². The van der Waals surface area contributed by atoms with Crippen molar-refractivity contribution in [1.29, 1.82) is 0 Å². The van der Waals surface area contributed by atoms with Crippen molar-refractivity contribution < 1.29 is 33.8 Å². The minimum atomic E-state index is -1.25. The highest BCUT2D eigenvalue weighted by molar-refractivity contribution is 6.09. The number of ether oxygens (including phenoxy) is 2. The molecule has 4 amide bonds. The number of aliphatic carboxylic acids is 1. The lowest BCUT2D eigenvalue weighted by atomic mass is 10.1. The summed E-state index contributed by atoms with van der Waals surface area (Å²) >= 11 is 0. The van der Waals surface area contributed by atoms with Gasteiger partial charge in [-0.05, 0) is 23.3 Å². The fourth-order valence-corrected chi connectivity index (χ4v) is 3.65. The maximum absolute atomic E-state index is 13.1. The van der Waals surface area contributed by atoms with Crippen molar-refractivity contribution in [2.75, 3.05) is 18.0 Å². The van der Waals surface area contributed by atoms with E-state index in [-0.39, 0.29) is 25.4 Å². The zero-order valence-electron chi connectivity index (χ0n) is 19.8. The molecule has 1 heterocycles. The summed E-state index contributed by atoms with van der Waals surface area (Å²) in [7, 11) is 0. The van der Waals surface area contributed by atoms with Gasteiger partial charge in [0, 0.05) is 11.8 Å². The average molecular weight is 504 g/mol. The zero-order valence-corrected chi connectivity index (χ0v) is 19.8. The Morgan fingerprint density at radius 3 is 2.19 bits per heavy atom. The number of amides is 4. The van der Waals surface area contributed by atoms with Crippen LogP contribution in [0.5, 0.6) is 5.75 Å². The van der Waals surface area contributed by atoms with Crippen LogP contribution in [0.1, 0.15) is 11.1 Å². The summed E-state index contributed by atoms with van der Waals surface area (Å²) in [5, 5.41) is 11.8. The van der Waals surface area contributed by atoms with Crippen LogP contribution < -0.4 is 15.0 Å². The summed E-state index contributed by atoms with van der Waals surface area (Å²) in [4.78, 5) is 51.1. The number of nitrogens with zero attached hydrogens (tertiary/aromatic N) is 2. The number of rotatable bonds is 9. The number of carbonyl (C=O) groups excluding carboxylic acids is 3. The van der Waals surface area contributed by atoms with Gasteiger partial charge in [0.15, 0.2) is 0 Å². The first-order chi connectivity index (χ1) is 17.9. The number of anilines is 1. The van der Waals surface area contributed by atoms with Crippen LogP contribution in [0.3, 0.4) is 0 Å². The van der Waals surface area contributed by atoms with Gasteiger partial charge in [-0.15, -0.1) is 0 Å². The predicted molar refractivity (Wildman–Crippen MR) is 133 cm³/mol. The summed E-state index contributed by atoms with van der Waals surface area (Å²) in [6, 6.07) is 23.2. The first-order valence-electron chi connectivity index (χ1n) is 11.5. The highest BCUT2D eigenvalue weighted by Crippen LogP contribution is 2.25. The Morgan fingerprint density at radius 1 is 0.919 bits per heavy atom. The first-order valence-corrected chi connectivity index (χ1v) is 11.5. The van der Waals surface area contributed by atoms with Gasteiger partial charge in [-0.1, -0.05) is 66.7 Å². The number of carboxylic acids is 1. The van der Waals surface area contributed by atoms with Crippen LogP contribution in [0.2, 0.25) is 0 Å². The van der Waals surface area contributed by atoms with E-state index in [0.717, 1.165) is 20.9 Å². The molecule has 0 radical (unpaired) electrons. The van der Waals surface area contributed by atoms with E-state index < -0.39 is 36.6 Å². The van der Waals surface area contributed by atoms with Crippen molar-refractivity contribution in [3.8, 4) is 5.75 Å². The number of hydrogen-bond donors (Lipinski definition) is 2. The molecule has 3 aromatic rings. The highest BCUT2D eigenvalue weighted by Gasteiger charge is 2.44. The van der Waals surface area contributed by atoms with Crippen LogP contribution in [0, 0.1) is 0 Å². The SMILES string of the molecule is O=C(O)CN(C(=O)N1C[C@H](NC(=O)OCc2ccccc2)C1=O)c1cccc(OCc2ccccc2)c1. The first kappa shape index (κ1) is 25.2. The monoisotopic (exact) mass is 503 g/mol. The largest absolute Gasteiger partial charge is 0.489 e. The van der Waals surface area contributed by atoms with Gasteiger partial charge in [0.25, 0.3) is 5.91 Å². The van der Waals surface area contributed by atoms with E-state index in [1.807, 2.05) is 48.5 Å². The highest BCUT2D eigenvalue weighted by atomic mass is 16.5. The molecule has 1 aliphatic rings. The lowest BCUT2D eigenvalue weighted by Gasteiger charge is -2.39. The minimum Gasteiger partial charge on any atom is -0.489 e. The van der Waals surface area contributed by atoms with E-state index in [1.165, 1.54) is 6.07 Å². The second kappa shape index (κ2) is 11.7. The van der Waals surface area contributed by atoms with Gasteiger partial charge in [0.2, 0.25) is 0 Å². The normalized spacial score (nSPS) is 14.3. The smallest absolute Gasteiger partial charge is 0.408 e. The number of β-lactam (4-membered cyclic amide) rings is 1. The number of hydrogen-bond acceptors (Lipinski definition) is 6. The number of benzene rings is 3. The zero-order chi connectivity index (χ0) is 26.2. The molecule has 0 aliphatic carbocycles. The Morgan fingerprint density at radius 2 is 1.57 bits per heavy atom. The standard InChI is InChI=1S/C27H25N3O7/c31-24(32)16-29(21-12-7-13-22(14-21)36-17-19-8-3-1-4-9-19)27(35)30-15-23(25(30)33)28-26(34)37-18-20-10-5-2-6-11-20/h1-14,23H,15-18H2,(H,28,34)(H,31,32)/t23-/m0/s1. The molecule has 37 heavy (non-hydrogen) atoms. The van der Waals surface area contributed by atoms with Gasteiger partial charge in [0.1, 0.15) is 31.5 Å². The van der Waals surface area contributed by atoms with Crippen LogP contribution in [0.4, 0.5) is 15.3 Å². The van der Waals surface area contributed by atoms with Crippen LogP contribution >= 0.6 is 0 Å². The number of carbonyl (C=O) groups is 4. The molecule has 0 spiro atoms. The lowest BCUT2D eigenvalue weighted by molar-refractivity contribution is -0.139. The molecule has 0 saturated carbocycles. The summed E-state index contributed by atoms with van der Waals surface area (Å²) in [6.07, 6.45) is -0.792. The summed E-state index contributed by atoms with van der Waals surface area (Å²) in [6.45, 7) is -0.457. The Labute approximate surface area is 213 Å². The molecule has 2 N–H and O–H groups in total. The Bertz CT molecular complexity index is 1270. The Balaban J connectivity index is 1.36. The fourth-order valence-electron chi connectivity index (χ4n) is 3.65. The van der Waals surface area contributed by atoms with E-state index in [4.69, 9.17) is 9.47 Å². The van der Waals surface area contributed by atoms with Gasteiger partial charge in [-0.2, -0.15) is 0 Å². The number of carboxylic acid groups (broad SMARTS) is 1. The van der Waals surface area contributed by atoms with Gasteiger partial charge >= 0.3 is 18.1 Å². The van der Waals surface area contributed by atoms with Crippen molar-refractivity contribution in [1.82, 2.24) is 10.2 Å². The fraction of sp³-hybridized carbons (Fsp3) is 0.185. The second-order valence-electron chi connectivity index (χ2n) is 8.24. The number of likely N-dealkylation sites (tertiary alicyclic amines) is 1. The van der Waals surface area contributed by atoms with Crippen LogP contribution in [-0.4, -0.2) is 53.1 Å². The molecular formula is C27H25N3O7. The van der Waals surface area contributed by atoms with Gasteiger partial charge in [0.05, 0.1) is 6.54 Å². The maximum Gasteiger partial charge on any atom is 0.408 e. The molecule has 1 saturated heterocycles. The molecule has 1 fully saturated rings. The van der Waals surface area contributed by atoms with Gasteiger partial charge in [-0.3, -0.25) is 19.4 Å². The molecule has 10 heteroatoms. The molecule has 0 bridgehead atoms. The quantitative estimate of drug-likeness (QED) is 0.429. The topological polar surface area (TPSA) is 125 Å². The predicted octanol–water partition coefficient (Wildman–Crippen LogP) is 3.41. The number of urea groups is 1. The molecule has 1 atom stereocenters. The van der Waals surface area contributed by atoms with Crippen LogP contribution in [0.25, 0.3) is 0 Å².